The third-order valence-electron chi connectivity index (χ3n) is 5.00. The molecule has 0 bridgehead atoms. The van der Waals surface area contributed by atoms with E-state index < -0.39 is 11.7 Å². The van der Waals surface area contributed by atoms with E-state index in [-0.39, 0.29) is 24.5 Å². The Morgan fingerprint density at radius 1 is 1.25 bits per heavy atom. The number of carbonyl (C=O) groups is 1. The van der Waals surface area contributed by atoms with Crippen LogP contribution in [-0.2, 0) is 12.7 Å². The molecule has 0 radical (unpaired) electrons. The number of aromatic nitrogens is 1. The summed E-state index contributed by atoms with van der Waals surface area (Å²) in [6.07, 6.45) is -0.597. The minimum Gasteiger partial charge on any atom is -0.396 e. The molecular formula is C20H22F3N3O2. The number of piperidine rings is 1. The summed E-state index contributed by atoms with van der Waals surface area (Å²) in [4.78, 5) is 18.4. The molecule has 28 heavy (non-hydrogen) atoms. The van der Waals surface area contributed by atoms with Crippen molar-refractivity contribution in [2.45, 2.75) is 25.2 Å². The number of aliphatic hydroxyl groups excluding tert-OH is 1. The topological polar surface area (TPSA) is 65.5 Å². The number of alkyl halides is 3. The van der Waals surface area contributed by atoms with Crippen LogP contribution < -0.4 is 5.32 Å². The molecule has 1 aliphatic rings. The van der Waals surface area contributed by atoms with Crippen LogP contribution in [0.4, 0.5) is 13.2 Å². The molecule has 150 valence electrons. The van der Waals surface area contributed by atoms with Gasteiger partial charge in [-0.2, -0.15) is 13.2 Å². The van der Waals surface area contributed by atoms with Gasteiger partial charge >= 0.3 is 6.18 Å². The lowest BCUT2D eigenvalue weighted by Gasteiger charge is -2.38. The first-order valence-electron chi connectivity index (χ1n) is 9.07. The summed E-state index contributed by atoms with van der Waals surface area (Å²) in [6, 6.07) is 8.21. The van der Waals surface area contributed by atoms with E-state index in [1.165, 1.54) is 18.3 Å². The minimum atomic E-state index is -4.35. The molecule has 8 heteroatoms. The summed E-state index contributed by atoms with van der Waals surface area (Å²) < 4.78 is 38.1. The van der Waals surface area contributed by atoms with E-state index in [2.05, 4.69) is 15.2 Å². The van der Waals surface area contributed by atoms with Crippen LogP contribution in [0.1, 0.15) is 27.9 Å². The van der Waals surface area contributed by atoms with Crippen molar-refractivity contribution < 1.29 is 23.1 Å². The maximum atomic E-state index is 12.7. The molecule has 1 amide bonds. The number of hydrogen-bond donors (Lipinski definition) is 2. The third-order valence-corrected chi connectivity index (χ3v) is 5.00. The van der Waals surface area contributed by atoms with E-state index >= 15 is 0 Å². The number of nitrogens with one attached hydrogen (secondary N) is 1. The summed E-state index contributed by atoms with van der Waals surface area (Å²) in [5.41, 5.74) is 0.545. The van der Waals surface area contributed by atoms with Crippen molar-refractivity contribution in [3.63, 3.8) is 0 Å². The van der Waals surface area contributed by atoms with Gasteiger partial charge in [-0.15, -0.1) is 0 Å². The smallest absolute Gasteiger partial charge is 0.396 e. The Balaban J connectivity index is 1.63. The average Bonchev–Trinajstić information content (AvgIpc) is 2.68. The van der Waals surface area contributed by atoms with E-state index in [4.69, 9.17) is 0 Å². The van der Waals surface area contributed by atoms with Crippen molar-refractivity contribution in [1.29, 1.82) is 0 Å². The number of amides is 1. The van der Waals surface area contributed by atoms with Crippen LogP contribution in [0.3, 0.4) is 0 Å². The number of benzene rings is 1. The minimum absolute atomic E-state index is 0.0356. The molecule has 0 unspecified atom stereocenters. The van der Waals surface area contributed by atoms with Gasteiger partial charge in [-0.25, -0.2) is 0 Å². The molecule has 1 aromatic heterocycles. The molecule has 2 atom stereocenters. The highest BCUT2D eigenvalue weighted by atomic mass is 19.4. The molecule has 3 rings (SSSR count). The zero-order valence-electron chi connectivity index (χ0n) is 15.2. The first-order chi connectivity index (χ1) is 13.4. The summed E-state index contributed by atoms with van der Waals surface area (Å²) in [5, 5.41) is 12.6. The number of nitrogens with zero attached hydrogens (tertiary/aromatic N) is 2. The van der Waals surface area contributed by atoms with Crippen molar-refractivity contribution in [2.75, 3.05) is 19.7 Å². The number of rotatable bonds is 5. The largest absolute Gasteiger partial charge is 0.416 e. The van der Waals surface area contributed by atoms with Crippen molar-refractivity contribution in [3.8, 4) is 0 Å². The normalized spacial score (nSPS) is 20.7. The van der Waals surface area contributed by atoms with Crippen molar-refractivity contribution in [2.24, 2.45) is 5.92 Å². The lowest BCUT2D eigenvalue weighted by molar-refractivity contribution is -0.137. The number of aliphatic hydroxyl groups is 1. The van der Waals surface area contributed by atoms with E-state index in [1.807, 2.05) is 0 Å². The van der Waals surface area contributed by atoms with Crippen LogP contribution in [0.25, 0.3) is 0 Å². The van der Waals surface area contributed by atoms with Gasteiger partial charge in [0.15, 0.2) is 0 Å². The standard InChI is InChI=1S/C20H22F3N3O2/c21-20(22,23)17-5-3-14(4-6-17)11-26-9-7-16(13-27)18(12-26)25-19(28)15-2-1-8-24-10-15/h1-6,8,10,16,18,27H,7,9,11-13H2,(H,25,28)/t16-,18-/m1/s1. The number of likely N-dealkylation sites (tertiary alicyclic amines) is 1. The summed E-state index contributed by atoms with van der Waals surface area (Å²) in [6.45, 7) is 1.66. The van der Waals surface area contributed by atoms with Crippen LogP contribution in [0, 0.1) is 5.92 Å². The van der Waals surface area contributed by atoms with Gasteiger partial charge in [-0.1, -0.05) is 12.1 Å². The lowest BCUT2D eigenvalue weighted by atomic mass is 9.91. The Labute approximate surface area is 161 Å². The third kappa shape index (κ3) is 5.08. The molecule has 5 nitrogen and oxygen atoms in total. The van der Waals surface area contributed by atoms with Gasteiger partial charge in [0, 0.05) is 44.0 Å². The fourth-order valence-electron chi connectivity index (χ4n) is 3.40. The highest BCUT2D eigenvalue weighted by molar-refractivity contribution is 5.94. The molecule has 2 aromatic rings. The number of pyridine rings is 1. The van der Waals surface area contributed by atoms with Crippen molar-refractivity contribution >= 4 is 5.91 Å². The second-order valence-corrected chi connectivity index (χ2v) is 6.98. The van der Waals surface area contributed by atoms with Crippen LogP contribution in [0.2, 0.25) is 0 Å². The van der Waals surface area contributed by atoms with Gasteiger partial charge in [-0.05, 0) is 42.8 Å². The van der Waals surface area contributed by atoms with Gasteiger partial charge in [0.25, 0.3) is 5.91 Å². The molecule has 0 aliphatic carbocycles. The highest BCUT2D eigenvalue weighted by Gasteiger charge is 2.31. The van der Waals surface area contributed by atoms with Crippen LogP contribution in [0.5, 0.6) is 0 Å². The van der Waals surface area contributed by atoms with Gasteiger partial charge in [0.1, 0.15) is 0 Å². The summed E-state index contributed by atoms with van der Waals surface area (Å²) >= 11 is 0. The molecule has 1 fully saturated rings. The molecule has 2 N–H and O–H groups in total. The molecule has 1 saturated heterocycles. The van der Waals surface area contributed by atoms with Crippen molar-refractivity contribution in [1.82, 2.24) is 15.2 Å². The number of hydrogen-bond acceptors (Lipinski definition) is 4. The summed E-state index contributed by atoms with van der Waals surface area (Å²) in [5.74, 6) is -0.322. The Morgan fingerprint density at radius 3 is 2.61 bits per heavy atom. The molecular weight excluding hydrogens is 371 g/mol. The number of halogens is 3. The lowest BCUT2D eigenvalue weighted by Crippen LogP contribution is -2.53. The van der Waals surface area contributed by atoms with Gasteiger partial charge in [0.05, 0.1) is 11.1 Å². The Kier molecular flexibility index (Phi) is 6.31. The average molecular weight is 393 g/mol. The first kappa shape index (κ1) is 20.3. The number of carbonyl (C=O) groups excluding carboxylic acids is 1. The quantitative estimate of drug-likeness (QED) is 0.820. The predicted octanol–water partition coefficient (Wildman–Crippen LogP) is 2.71. The monoisotopic (exact) mass is 393 g/mol. The van der Waals surface area contributed by atoms with E-state index in [1.54, 1.807) is 18.3 Å². The van der Waals surface area contributed by atoms with Gasteiger partial charge in [0.2, 0.25) is 0 Å². The molecule has 2 heterocycles. The first-order valence-corrected chi connectivity index (χ1v) is 9.07. The van der Waals surface area contributed by atoms with E-state index in [9.17, 15) is 23.1 Å². The van der Waals surface area contributed by atoms with E-state index in [0.29, 0.717) is 31.6 Å². The second-order valence-electron chi connectivity index (χ2n) is 6.98. The Morgan fingerprint density at radius 2 is 2.00 bits per heavy atom. The zero-order chi connectivity index (χ0) is 20.1. The van der Waals surface area contributed by atoms with Crippen LogP contribution in [0.15, 0.2) is 48.8 Å². The maximum absolute atomic E-state index is 12.7. The highest BCUT2D eigenvalue weighted by Crippen LogP contribution is 2.29. The summed E-state index contributed by atoms with van der Waals surface area (Å²) in [7, 11) is 0. The molecule has 1 aliphatic heterocycles. The second kappa shape index (κ2) is 8.70. The van der Waals surface area contributed by atoms with Gasteiger partial charge in [-0.3, -0.25) is 14.7 Å². The molecule has 0 spiro atoms. The van der Waals surface area contributed by atoms with E-state index in [0.717, 1.165) is 17.7 Å². The van der Waals surface area contributed by atoms with Crippen LogP contribution in [-0.4, -0.2) is 46.6 Å². The van der Waals surface area contributed by atoms with Crippen molar-refractivity contribution in [3.05, 3.63) is 65.5 Å². The fraction of sp³-hybridized carbons (Fsp3) is 0.400. The zero-order valence-corrected chi connectivity index (χ0v) is 15.2. The predicted molar refractivity (Wildman–Crippen MR) is 97.4 cm³/mol. The Hall–Kier alpha value is -2.45. The fourth-order valence-corrected chi connectivity index (χ4v) is 3.40. The molecule has 1 aromatic carbocycles. The Bertz CT molecular complexity index is 782. The SMILES string of the molecule is O=C(N[C@@H]1CN(Cc2ccc(C(F)(F)F)cc2)CC[C@@H]1CO)c1cccnc1. The molecule has 0 saturated carbocycles. The van der Waals surface area contributed by atoms with Crippen LogP contribution >= 0.6 is 0 Å². The maximum Gasteiger partial charge on any atom is 0.416 e. The van der Waals surface area contributed by atoms with Gasteiger partial charge < -0.3 is 10.4 Å².